The van der Waals surface area contributed by atoms with Crippen LogP contribution in [-0.4, -0.2) is 17.0 Å². The molecule has 1 aromatic rings. The van der Waals surface area contributed by atoms with Crippen molar-refractivity contribution in [1.82, 2.24) is 0 Å². The van der Waals surface area contributed by atoms with Gasteiger partial charge in [-0.1, -0.05) is 11.6 Å². The second-order valence-corrected chi connectivity index (χ2v) is 5.52. The molecule has 2 rings (SSSR count). The molecular formula is C12H13ClN2S. The van der Waals surface area contributed by atoms with Gasteiger partial charge in [-0.2, -0.15) is 17.0 Å². The largest absolute Gasteiger partial charge is 0.367 e. The van der Waals surface area contributed by atoms with Gasteiger partial charge in [0, 0.05) is 16.5 Å². The minimum atomic E-state index is -0.406. The summed E-state index contributed by atoms with van der Waals surface area (Å²) in [6, 6.07) is 9.93. The van der Waals surface area contributed by atoms with E-state index in [-0.39, 0.29) is 0 Å². The third-order valence-electron chi connectivity index (χ3n) is 2.68. The minimum Gasteiger partial charge on any atom is -0.367 e. The summed E-state index contributed by atoms with van der Waals surface area (Å²) >= 11 is 7.66. The van der Waals surface area contributed by atoms with E-state index >= 15 is 0 Å². The fourth-order valence-electron chi connectivity index (χ4n) is 1.82. The van der Waals surface area contributed by atoms with Gasteiger partial charge in [0.15, 0.2) is 0 Å². The molecule has 4 heteroatoms. The molecular weight excluding hydrogens is 240 g/mol. The fourth-order valence-corrected chi connectivity index (χ4v) is 3.07. The molecule has 16 heavy (non-hydrogen) atoms. The van der Waals surface area contributed by atoms with E-state index in [4.69, 9.17) is 11.6 Å². The van der Waals surface area contributed by atoms with Crippen LogP contribution in [0.4, 0.5) is 5.69 Å². The van der Waals surface area contributed by atoms with Gasteiger partial charge >= 0.3 is 0 Å². The molecule has 1 atom stereocenters. The molecule has 2 nitrogen and oxygen atoms in total. The Balaban J connectivity index is 2.12. The van der Waals surface area contributed by atoms with Crippen LogP contribution >= 0.6 is 23.4 Å². The second kappa shape index (κ2) is 4.99. The Kier molecular flexibility index (Phi) is 3.63. The maximum atomic E-state index is 9.31. The van der Waals surface area contributed by atoms with Crippen molar-refractivity contribution >= 4 is 29.1 Å². The summed E-state index contributed by atoms with van der Waals surface area (Å²) in [5, 5.41) is 13.4. The van der Waals surface area contributed by atoms with Crippen LogP contribution in [0.25, 0.3) is 0 Å². The third kappa shape index (κ3) is 2.63. The van der Waals surface area contributed by atoms with E-state index in [1.807, 2.05) is 36.0 Å². The topological polar surface area (TPSA) is 35.8 Å². The van der Waals surface area contributed by atoms with Crippen LogP contribution in [0.2, 0.25) is 5.02 Å². The summed E-state index contributed by atoms with van der Waals surface area (Å²) in [5.74, 6) is 2.01. The van der Waals surface area contributed by atoms with E-state index in [0.29, 0.717) is 0 Å². The number of thioether (sulfide) groups is 1. The number of nitrogens with one attached hydrogen (secondary N) is 1. The highest BCUT2D eigenvalue weighted by molar-refractivity contribution is 7.99. The van der Waals surface area contributed by atoms with Gasteiger partial charge in [-0.3, -0.25) is 0 Å². The molecule has 1 aromatic carbocycles. The highest BCUT2D eigenvalue weighted by Gasteiger charge is 2.32. The lowest BCUT2D eigenvalue weighted by molar-refractivity contribution is 0.576. The zero-order valence-electron chi connectivity index (χ0n) is 8.87. The monoisotopic (exact) mass is 252 g/mol. The maximum absolute atomic E-state index is 9.31. The first-order valence-corrected chi connectivity index (χ1v) is 6.80. The van der Waals surface area contributed by atoms with Gasteiger partial charge in [0.1, 0.15) is 5.54 Å². The third-order valence-corrected chi connectivity index (χ3v) is 4.21. The lowest BCUT2D eigenvalue weighted by atomic mass is 9.97. The Morgan fingerprint density at radius 2 is 2.12 bits per heavy atom. The van der Waals surface area contributed by atoms with Gasteiger partial charge < -0.3 is 5.32 Å². The van der Waals surface area contributed by atoms with Gasteiger partial charge in [0.05, 0.1) is 6.07 Å². The average molecular weight is 253 g/mol. The highest BCUT2D eigenvalue weighted by Crippen LogP contribution is 2.30. The molecule has 0 radical (unpaired) electrons. The van der Waals surface area contributed by atoms with Crippen LogP contribution in [0.5, 0.6) is 0 Å². The summed E-state index contributed by atoms with van der Waals surface area (Å²) in [5.41, 5.74) is 0.560. The number of nitriles is 1. The van der Waals surface area contributed by atoms with Gasteiger partial charge in [0.2, 0.25) is 0 Å². The number of anilines is 1. The second-order valence-electron chi connectivity index (χ2n) is 3.98. The molecule has 1 unspecified atom stereocenters. The van der Waals surface area contributed by atoms with Crippen LogP contribution in [0.1, 0.15) is 12.8 Å². The van der Waals surface area contributed by atoms with Gasteiger partial charge in [-0.05, 0) is 42.9 Å². The summed E-state index contributed by atoms with van der Waals surface area (Å²) in [6.07, 6.45) is 2.01. The average Bonchev–Trinajstić information content (AvgIpc) is 2.33. The molecule has 1 N–H and O–H groups in total. The summed E-state index contributed by atoms with van der Waals surface area (Å²) in [4.78, 5) is 0. The number of hydrogen-bond acceptors (Lipinski definition) is 3. The number of nitrogens with zero attached hydrogens (tertiary/aromatic N) is 1. The molecule has 84 valence electrons. The first-order chi connectivity index (χ1) is 7.74. The lowest BCUT2D eigenvalue weighted by Crippen LogP contribution is -2.41. The minimum absolute atomic E-state index is 0.406. The SMILES string of the molecule is N#CC1(Nc2ccc(Cl)cc2)CCCSC1. The van der Waals surface area contributed by atoms with Crippen LogP contribution in [0.3, 0.4) is 0 Å². The quantitative estimate of drug-likeness (QED) is 0.875. The van der Waals surface area contributed by atoms with Crippen molar-refractivity contribution in [3.63, 3.8) is 0 Å². The summed E-state index contributed by atoms with van der Waals surface area (Å²) in [7, 11) is 0. The van der Waals surface area contributed by atoms with E-state index in [9.17, 15) is 5.26 Å². The number of rotatable bonds is 2. The molecule has 1 aliphatic rings. The molecule has 0 saturated carbocycles. The van der Waals surface area contributed by atoms with Gasteiger partial charge in [0.25, 0.3) is 0 Å². The van der Waals surface area contributed by atoms with Crippen molar-refractivity contribution in [1.29, 1.82) is 5.26 Å². The van der Waals surface area contributed by atoms with Crippen molar-refractivity contribution in [3.8, 4) is 6.07 Å². The summed E-state index contributed by atoms with van der Waals surface area (Å²) < 4.78 is 0. The first kappa shape index (κ1) is 11.6. The van der Waals surface area contributed by atoms with Crippen LogP contribution in [-0.2, 0) is 0 Å². The predicted molar refractivity (Wildman–Crippen MR) is 70.0 cm³/mol. The summed E-state index contributed by atoms with van der Waals surface area (Å²) in [6.45, 7) is 0. The molecule has 1 saturated heterocycles. The van der Waals surface area contributed by atoms with Crippen molar-refractivity contribution in [2.45, 2.75) is 18.4 Å². The molecule has 0 amide bonds. The van der Waals surface area contributed by atoms with Crippen molar-refractivity contribution < 1.29 is 0 Å². The zero-order chi connectivity index (χ0) is 11.4. The van der Waals surface area contributed by atoms with Crippen LogP contribution in [0.15, 0.2) is 24.3 Å². The van der Waals surface area contributed by atoms with E-state index in [1.165, 1.54) is 0 Å². The first-order valence-electron chi connectivity index (χ1n) is 5.27. The molecule has 1 heterocycles. The molecule has 0 spiro atoms. The predicted octanol–water partition coefficient (Wildman–Crippen LogP) is 3.54. The van der Waals surface area contributed by atoms with Crippen LogP contribution in [0, 0.1) is 11.3 Å². The van der Waals surface area contributed by atoms with Gasteiger partial charge in [-0.15, -0.1) is 0 Å². The Morgan fingerprint density at radius 3 is 2.69 bits per heavy atom. The Hall–Kier alpha value is -0.850. The Labute approximate surface area is 105 Å². The number of halogens is 1. The highest BCUT2D eigenvalue weighted by atomic mass is 35.5. The molecule has 1 fully saturated rings. The smallest absolute Gasteiger partial charge is 0.134 e. The van der Waals surface area contributed by atoms with Crippen molar-refractivity contribution in [2.24, 2.45) is 0 Å². The number of benzene rings is 1. The molecule has 0 bridgehead atoms. The van der Waals surface area contributed by atoms with E-state index in [0.717, 1.165) is 35.1 Å². The van der Waals surface area contributed by atoms with E-state index < -0.39 is 5.54 Å². The lowest BCUT2D eigenvalue weighted by Gasteiger charge is -2.32. The van der Waals surface area contributed by atoms with Crippen LogP contribution < -0.4 is 5.32 Å². The zero-order valence-corrected chi connectivity index (χ0v) is 10.4. The Morgan fingerprint density at radius 1 is 1.38 bits per heavy atom. The molecule has 0 aliphatic carbocycles. The normalized spacial score (nSPS) is 24.8. The van der Waals surface area contributed by atoms with Crippen molar-refractivity contribution in [3.05, 3.63) is 29.3 Å². The molecule has 1 aliphatic heterocycles. The standard InChI is InChI=1S/C12H13ClN2S/c13-10-2-4-11(5-3-10)15-12(8-14)6-1-7-16-9-12/h2-5,15H,1,6-7,9H2. The fraction of sp³-hybridized carbons (Fsp3) is 0.417. The maximum Gasteiger partial charge on any atom is 0.134 e. The molecule has 0 aromatic heterocycles. The number of hydrogen-bond donors (Lipinski definition) is 1. The van der Waals surface area contributed by atoms with E-state index in [1.54, 1.807) is 0 Å². The Bertz CT molecular complexity index is 390. The van der Waals surface area contributed by atoms with Crippen molar-refractivity contribution in [2.75, 3.05) is 16.8 Å². The van der Waals surface area contributed by atoms with E-state index in [2.05, 4.69) is 11.4 Å². The van der Waals surface area contributed by atoms with Gasteiger partial charge in [-0.25, -0.2) is 0 Å².